The number of nitro groups is 1. The molecule has 0 amide bonds. The van der Waals surface area contributed by atoms with Gasteiger partial charge in [-0.25, -0.2) is 0 Å². The van der Waals surface area contributed by atoms with E-state index in [9.17, 15) is 25.1 Å². The summed E-state index contributed by atoms with van der Waals surface area (Å²) in [4.78, 5) is 26.8. The monoisotopic (exact) mass is 319 g/mol. The summed E-state index contributed by atoms with van der Waals surface area (Å²) in [5, 5.41) is 29.6. The highest BCUT2D eigenvalue weighted by molar-refractivity contribution is 5.68. The Morgan fingerprint density at radius 3 is 2.74 bits per heavy atom. The van der Waals surface area contributed by atoms with Gasteiger partial charge in [0.1, 0.15) is 5.82 Å². The number of nitrogens with zero attached hydrogens (tertiary/aromatic N) is 2. The lowest BCUT2D eigenvalue weighted by molar-refractivity contribution is -0.387. The van der Waals surface area contributed by atoms with Crippen LogP contribution in [0, 0.1) is 10.1 Å². The zero-order valence-corrected chi connectivity index (χ0v) is 12.0. The summed E-state index contributed by atoms with van der Waals surface area (Å²) < 4.78 is 5.24. The highest BCUT2D eigenvalue weighted by atomic mass is 16.6. The van der Waals surface area contributed by atoms with E-state index in [4.69, 9.17) is 4.74 Å². The molecule has 0 saturated carbocycles. The van der Waals surface area contributed by atoms with Crippen molar-refractivity contribution < 1.29 is 19.9 Å². The van der Waals surface area contributed by atoms with E-state index in [1.807, 2.05) is 0 Å². The SMILES string of the molecule is CCOc1cc(/C=C\c2nc(O)c([N+](=O)[O-])c(=O)[nH]2)ccc1O. The summed E-state index contributed by atoms with van der Waals surface area (Å²) in [7, 11) is 0. The first-order valence-electron chi connectivity index (χ1n) is 6.54. The van der Waals surface area contributed by atoms with Gasteiger partial charge in [-0.3, -0.25) is 14.9 Å². The van der Waals surface area contributed by atoms with E-state index in [1.54, 1.807) is 19.1 Å². The van der Waals surface area contributed by atoms with Crippen LogP contribution in [0.3, 0.4) is 0 Å². The maximum atomic E-state index is 11.5. The largest absolute Gasteiger partial charge is 0.504 e. The third-order valence-corrected chi connectivity index (χ3v) is 2.79. The molecule has 0 aliphatic rings. The minimum absolute atomic E-state index is 0.0106. The van der Waals surface area contributed by atoms with Crippen LogP contribution in [-0.4, -0.2) is 31.7 Å². The number of nitrogens with one attached hydrogen (secondary N) is 1. The van der Waals surface area contributed by atoms with Gasteiger partial charge in [-0.15, -0.1) is 0 Å². The molecule has 1 heterocycles. The zero-order valence-electron chi connectivity index (χ0n) is 12.0. The third kappa shape index (κ3) is 3.64. The molecule has 1 aromatic carbocycles. The van der Waals surface area contributed by atoms with Crippen molar-refractivity contribution in [2.45, 2.75) is 6.92 Å². The van der Waals surface area contributed by atoms with Crippen molar-refractivity contribution in [3.63, 3.8) is 0 Å². The number of aromatic nitrogens is 2. The quantitative estimate of drug-likeness (QED) is 0.562. The van der Waals surface area contributed by atoms with Crippen molar-refractivity contribution in [2.24, 2.45) is 0 Å². The molecule has 1 aromatic heterocycles. The van der Waals surface area contributed by atoms with Gasteiger partial charge >= 0.3 is 11.2 Å². The van der Waals surface area contributed by atoms with Crippen LogP contribution in [0.25, 0.3) is 12.2 Å². The standard InChI is InChI=1S/C14H13N3O6/c1-2-23-10-7-8(3-5-9(10)18)4-6-11-15-13(19)12(17(21)22)14(20)16-11/h3-7,18H,2H2,1H3,(H2,15,16,19,20)/b6-4-. The van der Waals surface area contributed by atoms with Crippen molar-refractivity contribution >= 4 is 17.8 Å². The predicted molar refractivity (Wildman–Crippen MR) is 81.4 cm³/mol. The lowest BCUT2D eigenvalue weighted by Crippen LogP contribution is -2.14. The molecule has 2 aromatic rings. The highest BCUT2D eigenvalue weighted by Crippen LogP contribution is 2.27. The van der Waals surface area contributed by atoms with Crippen LogP contribution in [0.2, 0.25) is 0 Å². The van der Waals surface area contributed by atoms with Gasteiger partial charge in [0.25, 0.3) is 5.88 Å². The molecule has 0 saturated heterocycles. The lowest BCUT2D eigenvalue weighted by atomic mass is 10.2. The number of aromatic hydroxyl groups is 2. The molecule has 120 valence electrons. The first-order chi connectivity index (χ1) is 10.9. The van der Waals surface area contributed by atoms with Crippen molar-refractivity contribution in [1.29, 1.82) is 0 Å². The number of hydrogen-bond acceptors (Lipinski definition) is 7. The topological polar surface area (TPSA) is 139 Å². The van der Waals surface area contributed by atoms with Crippen LogP contribution in [0.5, 0.6) is 17.4 Å². The molecule has 0 aliphatic carbocycles. The van der Waals surface area contributed by atoms with Crippen molar-refractivity contribution in [2.75, 3.05) is 6.61 Å². The van der Waals surface area contributed by atoms with Gasteiger partial charge in [-0.1, -0.05) is 12.1 Å². The van der Waals surface area contributed by atoms with Crippen LogP contribution in [0.1, 0.15) is 18.3 Å². The Morgan fingerprint density at radius 1 is 1.39 bits per heavy atom. The second-order valence-electron chi connectivity index (χ2n) is 4.37. The fourth-order valence-corrected chi connectivity index (χ4v) is 1.80. The second-order valence-corrected chi connectivity index (χ2v) is 4.37. The minimum Gasteiger partial charge on any atom is -0.504 e. The Bertz CT molecular complexity index is 828. The van der Waals surface area contributed by atoms with Gasteiger partial charge in [0.15, 0.2) is 11.5 Å². The van der Waals surface area contributed by atoms with Crippen molar-refractivity contribution in [1.82, 2.24) is 9.97 Å². The number of benzene rings is 1. The summed E-state index contributed by atoms with van der Waals surface area (Å²) in [6.45, 7) is 2.15. The first kappa shape index (κ1) is 16.0. The first-order valence-corrected chi connectivity index (χ1v) is 6.54. The fourth-order valence-electron chi connectivity index (χ4n) is 1.80. The van der Waals surface area contributed by atoms with Crippen molar-refractivity contribution in [3.05, 3.63) is 50.1 Å². The molecule has 9 heteroatoms. The predicted octanol–water partition coefficient (Wildman–Crippen LogP) is 1.66. The average Bonchev–Trinajstić information content (AvgIpc) is 2.47. The molecule has 2 rings (SSSR count). The number of rotatable bonds is 5. The molecule has 3 N–H and O–H groups in total. The molecule has 0 fully saturated rings. The third-order valence-electron chi connectivity index (χ3n) is 2.79. The molecule has 0 bridgehead atoms. The number of hydrogen-bond donors (Lipinski definition) is 3. The highest BCUT2D eigenvalue weighted by Gasteiger charge is 2.21. The van der Waals surface area contributed by atoms with E-state index in [1.165, 1.54) is 18.2 Å². The Balaban J connectivity index is 2.32. The fraction of sp³-hybridized carbons (Fsp3) is 0.143. The summed E-state index contributed by atoms with van der Waals surface area (Å²) in [6, 6.07) is 4.60. The van der Waals surface area contributed by atoms with Crippen LogP contribution < -0.4 is 10.3 Å². The smallest absolute Gasteiger partial charge is 0.395 e. The van der Waals surface area contributed by atoms with Crippen LogP contribution >= 0.6 is 0 Å². The number of H-pyrrole nitrogens is 1. The normalized spacial score (nSPS) is 10.8. The van der Waals surface area contributed by atoms with E-state index >= 15 is 0 Å². The van der Waals surface area contributed by atoms with E-state index in [2.05, 4.69) is 9.97 Å². The number of phenolic OH excluding ortho intramolecular Hbond substituents is 1. The molecule has 9 nitrogen and oxygen atoms in total. The Morgan fingerprint density at radius 2 is 2.13 bits per heavy atom. The van der Waals surface area contributed by atoms with E-state index in [0.29, 0.717) is 17.9 Å². The molecule has 0 unspecified atom stereocenters. The van der Waals surface area contributed by atoms with Gasteiger partial charge < -0.3 is 19.9 Å². The van der Waals surface area contributed by atoms with Crippen LogP contribution in [0.15, 0.2) is 23.0 Å². The van der Waals surface area contributed by atoms with Crippen molar-refractivity contribution in [3.8, 4) is 17.4 Å². The van der Waals surface area contributed by atoms with Gasteiger partial charge in [-0.2, -0.15) is 4.98 Å². The molecule has 0 atom stereocenters. The second kappa shape index (κ2) is 6.60. The lowest BCUT2D eigenvalue weighted by Gasteiger charge is -2.06. The molecule has 23 heavy (non-hydrogen) atoms. The molecule has 0 radical (unpaired) electrons. The molecular formula is C14H13N3O6. The Labute approximate surface area is 129 Å². The Hall–Kier alpha value is -3.36. The summed E-state index contributed by atoms with van der Waals surface area (Å²) in [5.74, 6) is -0.727. The number of aromatic amines is 1. The van der Waals surface area contributed by atoms with Crippen LogP contribution in [-0.2, 0) is 0 Å². The van der Waals surface area contributed by atoms with E-state index in [-0.39, 0.29) is 11.6 Å². The molecule has 0 spiro atoms. The van der Waals surface area contributed by atoms with Gasteiger partial charge in [0.2, 0.25) is 0 Å². The average molecular weight is 319 g/mol. The summed E-state index contributed by atoms with van der Waals surface area (Å²) in [6.07, 6.45) is 2.89. The van der Waals surface area contributed by atoms with Crippen LogP contribution in [0.4, 0.5) is 5.69 Å². The number of ether oxygens (including phenoxy) is 1. The van der Waals surface area contributed by atoms with E-state index < -0.39 is 22.0 Å². The maximum Gasteiger partial charge on any atom is 0.395 e. The summed E-state index contributed by atoms with van der Waals surface area (Å²) >= 11 is 0. The van der Waals surface area contributed by atoms with Gasteiger partial charge in [0.05, 0.1) is 11.5 Å². The maximum absolute atomic E-state index is 11.5. The summed E-state index contributed by atoms with van der Waals surface area (Å²) in [5.41, 5.74) is -1.43. The Kier molecular flexibility index (Phi) is 4.60. The molecule has 0 aliphatic heterocycles. The van der Waals surface area contributed by atoms with E-state index in [0.717, 1.165) is 0 Å². The minimum atomic E-state index is -1.05. The zero-order chi connectivity index (χ0) is 17.0. The number of phenols is 1. The van der Waals surface area contributed by atoms with Gasteiger partial charge in [0, 0.05) is 0 Å². The van der Waals surface area contributed by atoms with Gasteiger partial charge in [-0.05, 0) is 30.7 Å². The molecular weight excluding hydrogens is 306 g/mol.